The van der Waals surface area contributed by atoms with E-state index in [1.165, 1.54) is 0 Å². The van der Waals surface area contributed by atoms with Crippen LogP contribution in [0.4, 0.5) is 0 Å². The van der Waals surface area contributed by atoms with E-state index in [1.807, 2.05) is 55.5 Å². The molecule has 0 amide bonds. The molecule has 3 nitrogen and oxygen atoms in total. The lowest BCUT2D eigenvalue weighted by molar-refractivity contribution is 0.176. The van der Waals surface area contributed by atoms with Gasteiger partial charge in [-0.25, -0.2) is 0 Å². The summed E-state index contributed by atoms with van der Waals surface area (Å²) in [4.78, 5) is 0. The number of fused-ring (bicyclic) bond motifs is 1. The van der Waals surface area contributed by atoms with Gasteiger partial charge in [0, 0.05) is 17.4 Å². The normalized spacial score (nSPS) is 12.5. The lowest BCUT2D eigenvalue weighted by Gasteiger charge is -2.13. The molecular formula is C18H18O3. The van der Waals surface area contributed by atoms with E-state index in [9.17, 15) is 5.11 Å². The van der Waals surface area contributed by atoms with Crippen LogP contribution in [0.5, 0.6) is 5.75 Å². The average Bonchev–Trinajstić information content (AvgIpc) is 2.83. The molecule has 0 aliphatic rings. The van der Waals surface area contributed by atoms with Crippen LogP contribution in [0.1, 0.15) is 23.0 Å². The van der Waals surface area contributed by atoms with E-state index in [2.05, 4.69) is 0 Å². The van der Waals surface area contributed by atoms with Gasteiger partial charge in [0.2, 0.25) is 0 Å². The Hall–Kier alpha value is -2.26. The maximum atomic E-state index is 10.6. The van der Waals surface area contributed by atoms with E-state index >= 15 is 0 Å². The molecule has 3 heteroatoms. The van der Waals surface area contributed by atoms with E-state index in [1.54, 1.807) is 7.11 Å². The highest BCUT2D eigenvalue weighted by Gasteiger charge is 2.19. The summed E-state index contributed by atoms with van der Waals surface area (Å²) >= 11 is 0. The van der Waals surface area contributed by atoms with Crippen LogP contribution in [0.25, 0.3) is 11.0 Å². The number of aliphatic hydroxyl groups is 1. The summed E-state index contributed by atoms with van der Waals surface area (Å²) in [6.07, 6.45) is -0.126. The van der Waals surface area contributed by atoms with Crippen LogP contribution in [0.15, 0.2) is 52.9 Å². The molecule has 0 aliphatic heterocycles. The zero-order chi connectivity index (χ0) is 14.8. The molecule has 0 spiro atoms. The molecule has 2 aromatic carbocycles. The number of aryl methyl sites for hydroxylation is 1. The molecule has 21 heavy (non-hydrogen) atoms. The van der Waals surface area contributed by atoms with Gasteiger partial charge >= 0.3 is 0 Å². The van der Waals surface area contributed by atoms with Crippen molar-refractivity contribution in [3.63, 3.8) is 0 Å². The van der Waals surface area contributed by atoms with Gasteiger partial charge in [-0.1, -0.05) is 36.4 Å². The second-order valence-corrected chi connectivity index (χ2v) is 5.10. The topological polar surface area (TPSA) is 42.6 Å². The number of benzene rings is 2. The van der Waals surface area contributed by atoms with Crippen molar-refractivity contribution in [3.8, 4) is 5.75 Å². The third-order valence-corrected chi connectivity index (χ3v) is 3.76. The second-order valence-electron chi connectivity index (χ2n) is 5.10. The summed E-state index contributed by atoms with van der Waals surface area (Å²) in [6.45, 7) is 1.89. The third kappa shape index (κ3) is 2.52. The third-order valence-electron chi connectivity index (χ3n) is 3.76. The SMILES string of the molecule is COc1ccccc1CC(O)c1c(C)oc2ccccc12. The van der Waals surface area contributed by atoms with E-state index in [4.69, 9.17) is 9.15 Å². The first-order valence-corrected chi connectivity index (χ1v) is 6.98. The van der Waals surface area contributed by atoms with Crippen LogP contribution in [0.3, 0.4) is 0 Å². The number of rotatable bonds is 4. The fourth-order valence-corrected chi connectivity index (χ4v) is 2.78. The van der Waals surface area contributed by atoms with Crippen molar-refractivity contribution in [2.45, 2.75) is 19.4 Å². The summed E-state index contributed by atoms with van der Waals surface area (Å²) in [5.41, 5.74) is 2.65. The van der Waals surface area contributed by atoms with Crippen molar-refractivity contribution in [1.29, 1.82) is 0 Å². The predicted octanol–water partition coefficient (Wildman–Crippen LogP) is 4.03. The molecule has 1 N–H and O–H groups in total. The lowest BCUT2D eigenvalue weighted by atomic mass is 9.98. The molecule has 1 unspecified atom stereocenters. The molecule has 108 valence electrons. The number of para-hydroxylation sites is 2. The number of hydrogen-bond donors (Lipinski definition) is 1. The first kappa shape index (κ1) is 13.7. The maximum absolute atomic E-state index is 10.6. The summed E-state index contributed by atoms with van der Waals surface area (Å²) in [7, 11) is 1.64. The molecule has 0 saturated carbocycles. The fourth-order valence-electron chi connectivity index (χ4n) is 2.78. The molecule has 1 heterocycles. The Balaban J connectivity index is 1.97. The summed E-state index contributed by atoms with van der Waals surface area (Å²) in [6, 6.07) is 15.5. The van der Waals surface area contributed by atoms with Gasteiger partial charge < -0.3 is 14.3 Å². The zero-order valence-electron chi connectivity index (χ0n) is 12.2. The Morgan fingerprint density at radius 2 is 1.81 bits per heavy atom. The quantitative estimate of drug-likeness (QED) is 0.785. The Labute approximate surface area is 123 Å². The van der Waals surface area contributed by atoms with E-state index < -0.39 is 6.10 Å². The molecular weight excluding hydrogens is 264 g/mol. The van der Waals surface area contributed by atoms with Gasteiger partial charge in [-0.05, 0) is 24.6 Å². The highest BCUT2D eigenvalue weighted by atomic mass is 16.5. The minimum atomic E-state index is -0.620. The average molecular weight is 282 g/mol. The maximum Gasteiger partial charge on any atom is 0.134 e. The molecule has 1 aromatic heterocycles. The molecule has 0 radical (unpaired) electrons. The number of aliphatic hydroxyl groups excluding tert-OH is 1. The number of methoxy groups -OCH3 is 1. The van der Waals surface area contributed by atoms with Crippen molar-refractivity contribution in [3.05, 3.63) is 65.4 Å². The highest BCUT2D eigenvalue weighted by Crippen LogP contribution is 2.33. The molecule has 0 fully saturated rings. The molecule has 3 rings (SSSR count). The van der Waals surface area contributed by atoms with Crippen molar-refractivity contribution in [2.24, 2.45) is 0 Å². The van der Waals surface area contributed by atoms with Gasteiger partial charge in [-0.15, -0.1) is 0 Å². The van der Waals surface area contributed by atoms with E-state index in [0.717, 1.165) is 33.6 Å². The Bertz CT molecular complexity index is 758. The minimum Gasteiger partial charge on any atom is -0.496 e. The monoisotopic (exact) mass is 282 g/mol. The van der Waals surface area contributed by atoms with E-state index in [-0.39, 0.29) is 0 Å². The van der Waals surface area contributed by atoms with Gasteiger partial charge in [-0.2, -0.15) is 0 Å². The Morgan fingerprint density at radius 3 is 2.62 bits per heavy atom. The Morgan fingerprint density at radius 1 is 1.10 bits per heavy atom. The lowest BCUT2D eigenvalue weighted by Crippen LogP contribution is -2.04. The predicted molar refractivity (Wildman–Crippen MR) is 82.6 cm³/mol. The summed E-state index contributed by atoms with van der Waals surface area (Å²) in [5, 5.41) is 11.6. The number of hydrogen-bond acceptors (Lipinski definition) is 3. The second kappa shape index (κ2) is 5.62. The van der Waals surface area contributed by atoms with Gasteiger partial charge in [0.15, 0.2) is 0 Å². The molecule has 0 aliphatic carbocycles. The number of furan rings is 1. The first-order chi connectivity index (χ1) is 10.2. The van der Waals surface area contributed by atoms with Gasteiger partial charge in [-0.3, -0.25) is 0 Å². The minimum absolute atomic E-state index is 0.494. The molecule has 0 bridgehead atoms. The van der Waals surface area contributed by atoms with Gasteiger partial charge in [0.05, 0.1) is 13.2 Å². The van der Waals surface area contributed by atoms with Gasteiger partial charge in [0.1, 0.15) is 17.1 Å². The standard InChI is InChI=1S/C18H18O3/c1-12-18(14-8-4-6-10-17(14)21-12)15(19)11-13-7-3-5-9-16(13)20-2/h3-10,15,19H,11H2,1-2H3. The van der Waals surface area contributed by atoms with Crippen LogP contribution in [-0.2, 0) is 6.42 Å². The smallest absolute Gasteiger partial charge is 0.134 e. The van der Waals surface area contributed by atoms with Crippen molar-refractivity contribution < 1.29 is 14.3 Å². The van der Waals surface area contributed by atoms with Crippen LogP contribution in [0.2, 0.25) is 0 Å². The first-order valence-electron chi connectivity index (χ1n) is 6.98. The van der Waals surface area contributed by atoms with Crippen molar-refractivity contribution in [1.82, 2.24) is 0 Å². The van der Waals surface area contributed by atoms with Crippen LogP contribution in [0, 0.1) is 6.92 Å². The summed E-state index contributed by atoms with van der Waals surface area (Å²) in [5.74, 6) is 1.56. The summed E-state index contributed by atoms with van der Waals surface area (Å²) < 4.78 is 11.1. The molecule has 0 saturated heterocycles. The van der Waals surface area contributed by atoms with Crippen molar-refractivity contribution >= 4 is 11.0 Å². The molecule has 3 aromatic rings. The van der Waals surface area contributed by atoms with Crippen molar-refractivity contribution in [2.75, 3.05) is 7.11 Å². The molecule has 1 atom stereocenters. The van der Waals surface area contributed by atoms with E-state index in [0.29, 0.717) is 6.42 Å². The number of ether oxygens (including phenoxy) is 1. The van der Waals surface area contributed by atoms with Crippen LogP contribution in [-0.4, -0.2) is 12.2 Å². The highest BCUT2D eigenvalue weighted by molar-refractivity contribution is 5.82. The largest absolute Gasteiger partial charge is 0.496 e. The van der Waals surface area contributed by atoms with Crippen LogP contribution < -0.4 is 4.74 Å². The van der Waals surface area contributed by atoms with Gasteiger partial charge in [0.25, 0.3) is 0 Å². The fraction of sp³-hybridized carbons (Fsp3) is 0.222. The Kier molecular flexibility index (Phi) is 3.67. The zero-order valence-corrected chi connectivity index (χ0v) is 12.2. The van der Waals surface area contributed by atoms with Crippen LogP contribution >= 0.6 is 0 Å².